The van der Waals surface area contributed by atoms with Crippen molar-refractivity contribution < 1.29 is 22.7 Å². The number of methoxy groups -OCH3 is 1. The molecule has 0 spiro atoms. The van der Waals surface area contributed by atoms with Gasteiger partial charge in [0.1, 0.15) is 6.07 Å². The number of rotatable bonds is 8. The first-order valence-corrected chi connectivity index (χ1v) is 8.76. The van der Waals surface area contributed by atoms with Crippen LogP contribution in [0.4, 0.5) is 24.9 Å². The summed E-state index contributed by atoms with van der Waals surface area (Å²) < 4.78 is 43.9. The van der Waals surface area contributed by atoms with E-state index >= 15 is 0 Å². The van der Waals surface area contributed by atoms with Crippen molar-refractivity contribution in [3.05, 3.63) is 41.0 Å². The normalized spacial score (nSPS) is 12.3. The second kappa shape index (κ2) is 9.41. The number of ether oxygens (including phenoxy) is 1. The largest absolute Gasteiger partial charge is 0.480 e. The first-order chi connectivity index (χ1) is 14.0. The average Bonchev–Trinajstić information content (AvgIpc) is 2.66. The fourth-order valence-corrected chi connectivity index (χ4v) is 2.75. The monoisotopic (exact) mass is 422 g/mol. The van der Waals surface area contributed by atoms with Crippen LogP contribution >= 0.6 is 0 Å². The summed E-state index contributed by atoms with van der Waals surface area (Å²) in [5.41, 5.74) is 4.99. The van der Waals surface area contributed by atoms with Gasteiger partial charge in [-0.2, -0.15) is 28.4 Å². The van der Waals surface area contributed by atoms with Crippen molar-refractivity contribution >= 4 is 17.5 Å². The van der Waals surface area contributed by atoms with Crippen molar-refractivity contribution in [2.45, 2.75) is 18.6 Å². The third kappa shape index (κ3) is 5.81. The highest BCUT2D eigenvalue weighted by Gasteiger charge is 2.31. The van der Waals surface area contributed by atoms with Crippen molar-refractivity contribution in [2.75, 3.05) is 38.8 Å². The first kappa shape index (κ1) is 22.9. The molecule has 2 aromatic rings. The van der Waals surface area contributed by atoms with Crippen molar-refractivity contribution in [2.24, 2.45) is 0 Å². The second-order valence-corrected chi connectivity index (χ2v) is 6.73. The molecule has 0 saturated heterocycles. The Hall–Kier alpha value is -3.39. The Kier molecular flexibility index (Phi) is 7.18. The van der Waals surface area contributed by atoms with E-state index in [2.05, 4.69) is 15.3 Å². The quantitative estimate of drug-likeness (QED) is 0.664. The van der Waals surface area contributed by atoms with E-state index in [1.807, 2.05) is 6.07 Å². The third-order valence-electron chi connectivity index (χ3n) is 4.08. The highest BCUT2D eigenvalue weighted by Crippen LogP contribution is 2.30. The van der Waals surface area contributed by atoms with Crippen molar-refractivity contribution in [3.8, 4) is 11.9 Å². The number of nitrogens with one attached hydrogen (secondary N) is 1. The van der Waals surface area contributed by atoms with Gasteiger partial charge in [0.15, 0.2) is 17.2 Å². The molecule has 160 valence electrons. The van der Waals surface area contributed by atoms with Gasteiger partial charge in [-0.25, -0.2) is 0 Å². The van der Waals surface area contributed by atoms with Crippen LogP contribution < -0.4 is 15.8 Å². The van der Waals surface area contributed by atoms with Crippen LogP contribution in [0.3, 0.4) is 0 Å². The number of Topliss-reactive ketones (excluding diaryl/α,β-unsaturated/α-hetero) is 1. The Balaban J connectivity index is 2.32. The lowest BCUT2D eigenvalue weighted by Gasteiger charge is -2.23. The SMILES string of the molecule is COc1nc(N)nc(N[C@@H](CN(C)C)C(=O)Cc2cccc(C(F)(F)F)c2)c1C#N. The molecule has 30 heavy (non-hydrogen) atoms. The summed E-state index contributed by atoms with van der Waals surface area (Å²) in [6, 6.07) is 5.61. The van der Waals surface area contributed by atoms with E-state index in [1.54, 1.807) is 19.0 Å². The van der Waals surface area contributed by atoms with Crippen LogP contribution in [-0.4, -0.2) is 54.4 Å². The molecule has 0 saturated carbocycles. The highest BCUT2D eigenvalue weighted by atomic mass is 19.4. The van der Waals surface area contributed by atoms with Gasteiger partial charge in [0, 0.05) is 13.0 Å². The summed E-state index contributed by atoms with van der Waals surface area (Å²) >= 11 is 0. The smallest absolute Gasteiger partial charge is 0.416 e. The zero-order chi connectivity index (χ0) is 22.5. The average molecular weight is 422 g/mol. The van der Waals surface area contributed by atoms with E-state index in [0.717, 1.165) is 12.1 Å². The molecule has 1 aromatic heterocycles. The van der Waals surface area contributed by atoms with Gasteiger partial charge in [0.05, 0.1) is 18.7 Å². The molecule has 0 unspecified atom stereocenters. The Morgan fingerprint density at radius 1 is 1.37 bits per heavy atom. The number of ketones is 1. The number of likely N-dealkylation sites (N-methyl/N-ethyl adjacent to an activating group) is 1. The number of nitrogens with zero attached hydrogens (tertiary/aromatic N) is 4. The Morgan fingerprint density at radius 3 is 2.63 bits per heavy atom. The zero-order valence-electron chi connectivity index (χ0n) is 16.6. The molecule has 0 bridgehead atoms. The number of halogens is 3. The fraction of sp³-hybridized carbons (Fsp3) is 0.368. The molecular formula is C19H21F3N6O2. The number of nitriles is 1. The minimum atomic E-state index is -4.50. The van der Waals surface area contributed by atoms with Gasteiger partial charge >= 0.3 is 6.18 Å². The topological polar surface area (TPSA) is 117 Å². The van der Waals surface area contributed by atoms with Crippen LogP contribution in [0.5, 0.6) is 5.88 Å². The Morgan fingerprint density at radius 2 is 2.07 bits per heavy atom. The second-order valence-electron chi connectivity index (χ2n) is 6.73. The fourth-order valence-electron chi connectivity index (χ4n) is 2.75. The lowest BCUT2D eigenvalue weighted by Crippen LogP contribution is -2.40. The van der Waals surface area contributed by atoms with Crippen LogP contribution in [0.15, 0.2) is 24.3 Å². The number of nitrogen functional groups attached to an aromatic ring is 1. The number of carbonyl (C=O) groups is 1. The number of benzene rings is 1. The summed E-state index contributed by atoms with van der Waals surface area (Å²) in [6.07, 6.45) is -4.74. The van der Waals surface area contributed by atoms with Gasteiger partial charge in [0.25, 0.3) is 0 Å². The molecule has 0 aliphatic rings. The van der Waals surface area contributed by atoms with Crippen molar-refractivity contribution in [1.82, 2.24) is 14.9 Å². The Bertz CT molecular complexity index is 956. The molecule has 1 atom stereocenters. The molecule has 0 aliphatic heterocycles. The number of nitrogens with two attached hydrogens (primary N) is 1. The molecule has 0 radical (unpaired) electrons. The van der Waals surface area contributed by atoms with Crippen LogP contribution in [0.25, 0.3) is 0 Å². The summed E-state index contributed by atoms with van der Waals surface area (Å²) in [7, 11) is 4.77. The standard InChI is InChI=1S/C19H21F3N6O2/c1-28(2)10-14(25-16-13(9-23)17(30-3)27-18(24)26-16)15(29)8-11-5-4-6-12(7-11)19(20,21)22/h4-7,14H,8,10H2,1-3H3,(H3,24,25,26,27)/t14-/m0/s1. The maximum absolute atomic E-state index is 12.9. The minimum absolute atomic E-state index is 0.00564. The summed E-state index contributed by atoms with van der Waals surface area (Å²) in [5, 5.41) is 12.3. The molecule has 8 nitrogen and oxygen atoms in total. The van der Waals surface area contributed by atoms with Gasteiger partial charge in [-0.05, 0) is 25.7 Å². The van der Waals surface area contributed by atoms with E-state index in [0.29, 0.717) is 0 Å². The molecule has 1 heterocycles. The van der Waals surface area contributed by atoms with E-state index in [4.69, 9.17) is 10.5 Å². The number of carbonyl (C=O) groups excluding carboxylic acids is 1. The van der Waals surface area contributed by atoms with Crippen molar-refractivity contribution in [1.29, 1.82) is 5.26 Å². The number of alkyl halides is 3. The lowest BCUT2D eigenvalue weighted by molar-refractivity contribution is -0.137. The van der Waals surface area contributed by atoms with Gasteiger partial charge in [-0.15, -0.1) is 0 Å². The van der Waals surface area contributed by atoms with Crippen LogP contribution in [0.1, 0.15) is 16.7 Å². The van der Waals surface area contributed by atoms with Crippen molar-refractivity contribution in [3.63, 3.8) is 0 Å². The minimum Gasteiger partial charge on any atom is -0.480 e. The van der Waals surface area contributed by atoms with E-state index in [1.165, 1.54) is 19.2 Å². The third-order valence-corrected chi connectivity index (χ3v) is 4.08. The Labute approximate surface area is 171 Å². The molecule has 0 fully saturated rings. The highest BCUT2D eigenvalue weighted by molar-refractivity contribution is 5.89. The van der Waals surface area contributed by atoms with Gasteiger partial charge in [-0.1, -0.05) is 18.2 Å². The lowest BCUT2D eigenvalue weighted by atomic mass is 10.0. The van der Waals surface area contributed by atoms with Gasteiger partial charge in [0.2, 0.25) is 11.8 Å². The number of aromatic nitrogens is 2. The summed E-state index contributed by atoms with van der Waals surface area (Å²) in [4.78, 5) is 22.4. The van der Waals surface area contributed by atoms with Gasteiger partial charge in [-0.3, -0.25) is 4.79 Å². The van der Waals surface area contributed by atoms with E-state index < -0.39 is 17.8 Å². The van der Waals surface area contributed by atoms with E-state index in [-0.39, 0.29) is 47.5 Å². The summed E-state index contributed by atoms with van der Waals surface area (Å²) in [5.74, 6) is -0.599. The number of anilines is 2. The molecule has 0 amide bonds. The molecular weight excluding hydrogens is 401 g/mol. The maximum atomic E-state index is 12.9. The van der Waals surface area contributed by atoms with Crippen LogP contribution in [0, 0.1) is 11.3 Å². The van der Waals surface area contributed by atoms with E-state index in [9.17, 15) is 23.2 Å². The summed E-state index contributed by atoms with van der Waals surface area (Å²) in [6.45, 7) is 0.203. The first-order valence-electron chi connectivity index (χ1n) is 8.76. The number of hydrogen-bond donors (Lipinski definition) is 2. The van der Waals surface area contributed by atoms with Crippen LogP contribution in [0.2, 0.25) is 0 Å². The number of hydrogen-bond acceptors (Lipinski definition) is 8. The van der Waals surface area contributed by atoms with Crippen LogP contribution in [-0.2, 0) is 17.4 Å². The molecule has 1 aromatic carbocycles. The molecule has 11 heteroatoms. The molecule has 3 N–H and O–H groups in total. The maximum Gasteiger partial charge on any atom is 0.416 e. The van der Waals surface area contributed by atoms with Gasteiger partial charge < -0.3 is 20.7 Å². The predicted octanol–water partition coefficient (Wildman–Crippen LogP) is 2.11. The molecule has 2 rings (SSSR count). The zero-order valence-corrected chi connectivity index (χ0v) is 16.6. The molecule has 0 aliphatic carbocycles. The predicted molar refractivity (Wildman–Crippen MR) is 104 cm³/mol.